The van der Waals surface area contributed by atoms with Gasteiger partial charge in [-0.25, -0.2) is 0 Å². The van der Waals surface area contributed by atoms with E-state index in [0.29, 0.717) is 0 Å². The number of aryl methyl sites for hydroxylation is 1. The van der Waals surface area contributed by atoms with Gasteiger partial charge in [-0.05, 0) is 39.8 Å². The fourth-order valence-electron chi connectivity index (χ4n) is 1.28. The molecule has 0 saturated heterocycles. The number of thiazole rings is 1. The molecule has 0 aliphatic rings. The molecule has 0 fully saturated rings. The van der Waals surface area contributed by atoms with Gasteiger partial charge in [-0.15, -0.1) is 0 Å². The smallest absolute Gasteiger partial charge is 0.302 e. The van der Waals surface area contributed by atoms with Gasteiger partial charge in [0, 0.05) is 18.5 Å². The number of rotatable bonds is 1. The summed E-state index contributed by atoms with van der Waals surface area (Å²) in [4.78, 5) is 11.2. The molecule has 0 aliphatic carbocycles. The summed E-state index contributed by atoms with van der Waals surface area (Å²) in [5.74, 6) is 0. The van der Waals surface area contributed by atoms with Gasteiger partial charge in [-0.3, -0.25) is 4.79 Å². The maximum absolute atomic E-state index is 11.1. The molecule has 0 bridgehead atoms. The Kier molecular flexibility index (Phi) is 5.63. The average Bonchev–Trinajstić information content (AvgIpc) is 2.64. The van der Waals surface area contributed by atoms with Crippen LogP contribution in [-0.2, 0) is 7.05 Å². The zero-order chi connectivity index (χ0) is 14.4. The van der Waals surface area contributed by atoms with Gasteiger partial charge in [0.1, 0.15) is 0 Å². The summed E-state index contributed by atoms with van der Waals surface area (Å²) in [6.07, 6.45) is 0. The summed E-state index contributed by atoms with van der Waals surface area (Å²) >= 11 is 1.29. The maximum atomic E-state index is 11.1. The summed E-state index contributed by atoms with van der Waals surface area (Å²) in [7, 11) is 1.79. The molecule has 4 nitrogen and oxygen atoms in total. The van der Waals surface area contributed by atoms with Crippen molar-refractivity contribution in [3.8, 4) is 0 Å². The van der Waals surface area contributed by atoms with Crippen LogP contribution < -0.4 is 4.87 Å². The molecule has 2 rings (SSSR count). The highest BCUT2D eigenvalue weighted by Crippen LogP contribution is 2.14. The van der Waals surface area contributed by atoms with Crippen LogP contribution in [0.4, 0.5) is 0 Å². The second kappa shape index (κ2) is 6.99. The van der Waals surface area contributed by atoms with Crippen LogP contribution >= 0.6 is 11.3 Å². The highest BCUT2D eigenvalue weighted by Gasteiger charge is 2.00. The van der Waals surface area contributed by atoms with Crippen molar-refractivity contribution < 1.29 is 0 Å². The van der Waals surface area contributed by atoms with Crippen molar-refractivity contribution in [2.24, 2.45) is 17.3 Å². The molecule has 102 valence electrons. The molecule has 0 spiro atoms. The Balaban J connectivity index is 0.000000203. The highest BCUT2D eigenvalue weighted by molar-refractivity contribution is 7.16. The summed E-state index contributed by atoms with van der Waals surface area (Å²) in [5, 5.41) is 7.66. The minimum Gasteiger partial charge on any atom is -0.302 e. The molecule has 0 aliphatic heterocycles. The van der Waals surface area contributed by atoms with Crippen molar-refractivity contribution in [3.63, 3.8) is 0 Å². The summed E-state index contributed by atoms with van der Waals surface area (Å²) < 4.78 is 2.72. The maximum Gasteiger partial charge on any atom is 0.307 e. The Morgan fingerprint density at radius 1 is 1.05 bits per heavy atom. The fourth-order valence-corrected chi connectivity index (χ4v) is 2.16. The van der Waals surface area contributed by atoms with Crippen LogP contribution in [0.25, 0.3) is 10.2 Å². The van der Waals surface area contributed by atoms with E-state index >= 15 is 0 Å². The minimum absolute atomic E-state index is 0.103. The predicted molar refractivity (Wildman–Crippen MR) is 84.6 cm³/mol. The lowest BCUT2D eigenvalue weighted by atomic mass is 10.3. The number of hydrogen-bond acceptors (Lipinski definition) is 4. The summed E-state index contributed by atoms with van der Waals surface area (Å²) in [5.41, 5.74) is 3.00. The number of hydrogen-bond donors (Lipinski definition) is 0. The third-order valence-corrected chi connectivity index (χ3v) is 3.16. The van der Waals surface area contributed by atoms with Gasteiger partial charge in [0.2, 0.25) is 0 Å². The van der Waals surface area contributed by atoms with Gasteiger partial charge < -0.3 is 4.57 Å². The minimum atomic E-state index is 0.103. The van der Waals surface area contributed by atoms with Gasteiger partial charge in [0.15, 0.2) is 0 Å². The Hall–Kier alpha value is -1.75. The Bertz CT molecular complexity index is 641. The molecule has 0 radical (unpaired) electrons. The van der Waals surface area contributed by atoms with Crippen LogP contribution in [0, 0.1) is 0 Å². The lowest BCUT2D eigenvalue weighted by Gasteiger charge is -1.89. The van der Waals surface area contributed by atoms with Crippen LogP contribution in [0.5, 0.6) is 0 Å². The van der Waals surface area contributed by atoms with Crippen molar-refractivity contribution in [1.82, 2.24) is 4.57 Å². The summed E-state index contributed by atoms with van der Waals surface area (Å²) in [6.45, 7) is 7.69. The second-order valence-electron chi connectivity index (χ2n) is 4.49. The van der Waals surface area contributed by atoms with Crippen molar-refractivity contribution in [2.75, 3.05) is 0 Å². The van der Waals surface area contributed by atoms with Gasteiger partial charge >= 0.3 is 4.87 Å². The molecule has 1 aromatic heterocycles. The van der Waals surface area contributed by atoms with Crippen LogP contribution in [0.1, 0.15) is 27.7 Å². The first-order valence-electron chi connectivity index (χ1n) is 5.98. The molecule has 2 aromatic rings. The van der Waals surface area contributed by atoms with E-state index in [0.717, 1.165) is 21.6 Å². The molecule has 0 atom stereocenters. The third kappa shape index (κ3) is 4.79. The molecule has 0 unspecified atom stereocenters. The Morgan fingerprint density at radius 2 is 1.58 bits per heavy atom. The van der Waals surface area contributed by atoms with Crippen molar-refractivity contribution >= 4 is 33.0 Å². The molecule has 0 saturated carbocycles. The fraction of sp³-hybridized carbons (Fsp3) is 0.357. The van der Waals surface area contributed by atoms with Crippen LogP contribution in [0.2, 0.25) is 0 Å². The lowest BCUT2D eigenvalue weighted by molar-refractivity contribution is 0.939. The van der Waals surface area contributed by atoms with E-state index < -0.39 is 0 Å². The molecule has 0 amide bonds. The van der Waals surface area contributed by atoms with Gasteiger partial charge in [-0.2, -0.15) is 10.2 Å². The standard InChI is InChI=1S/C8H7NOS.C6H12N2/c1-9-6-4-2-3-5-7(6)11-8(9)10;1-5(2)7-8-6(3)4/h2-5H,1H3;1-4H3. The van der Waals surface area contributed by atoms with Crippen molar-refractivity contribution in [3.05, 3.63) is 33.9 Å². The number of benzene rings is 1. The monoisotopic (exact) mass is 277 g/mol. The zero-order valence-electron chi connectivity index (χ0n) is 12.0. The van der Waals surface area contributed by atoms with E-state index in [1.807, 2.05) is 52.0 Å². The molecule has 1 aromatic carbocycles. The van der Waals surface area contributed by atoms with Gasteiger partial charge in [-0.1, -0.05) is 23.5 Å². The molecule has 1 heterocycles. The molecule has 5 heteroatoms. The summed E-state index contributed by atoms with van der Waals surface area (Å²) in [6, 6.07) is 7.79. The van der Waals surface area contributed by atoms with E-state index in [1.54, 1.807) is 11.6 Å². The van der Waals surface area contributed by atoms with E-state index in [1.165, 1.54) is 11.3 Å². The topological polar surface area (TPSA) is 46.7 Å². The molecular weight excluding hydrogens is 258 g/mol. The highest BCUT2D eigenvalue weighted by atomic mass is 32.1. The quantitative estimate of drug-likeness (QED) is 0.581. The third-order valence-electron chi connectivity index (χ3n) is 2.15. The normalized spacial score (nSPS) is 9.53. The average molecular weight is 277 g/mol. The largest absolute Gasteiger partial charge is 0.307 e. The lowest BCUT2D eigenvalue weighted by Crippen LogP contribution is -2.06. The first kappa shape index (κ1) is 15.3. The van der Waals surface area contributed by atoms with Crippen LogP contribution in [0.3, 0.4) is 0 Å². The van der Waals surface area contributed by atoms with E-state index in [-0.39, 0.29) is 4.87 Å². The number of para-hydroxylation sites is 1. The van der Waals surface area contributed by atoms with Crippen molar-refractivity contribution in [1.29, 1.82) is 0 Å². The SMILES string of the molecule is CC(C)=NN=C(C)C.Cn1c(=O)sc2ccccc21. The predicted octanol–water partition coefficient (Wildman–Crippen LogP) is 3.46. The first-order valence-corrected chi connectivity index (χ1v) is 6.80. The number of nitrogens with zero attached hydrogens (tertiary/aromatic N) is 3. The molecule has 0 N–H and O–H groups in total. The van der Waals surface area contributed by atoms with Gasteiger partial charge in [0.05, 0.1) is 10.2 Å². The first-order chi connectivity index (χ1) is 8.91. The number of fused-ring (bicyclic) bond motifs is 1. The molecular formula is C14H19N3OS. The zero-order valence-corrected chi connectivity index (χ0v) is 12.8. The second-order valence-corrected chi connectivity index (χ2v) is 5.48. The Morgan fingerprint density at radius 3 is 2.05 bits per heavy atom. The van der Waals surface area contributed by atoms with E-state index in [4.69, 9.17) is 0 Å². The Labute approximate surface area is 117 Å². The molecule has 19 heavy (non-hydrogen) atoms. The van der Waals surface area contributed by atoms with Crippen molar-refractivity contribution in [2.45, 2.75) is 27.7 Å². The number of aromatic nitrogens is 1. The van der Waals surface area contributed by atoms with Gasteiger partial charge in [0.25, 0.3) is 0 Å². The van der Waals surface area contributed by atoms with Crippen LogP contribution in [-0.4, -0.2) is 16.0 Å². The van der Waals surface area contributed by atoms with E-state index in [2.05, 4.69) is 10.2 Å². The van der Waals surface area contributed by atoms with Crippen LogP contribution in [0.15, 0.2) is 39.3 Å². The van der Waals surface area contributed by atoms with E-state index in [9.17, 15) is 4.79 Å².